The van der Waals surface area contributed by atoms with Gasteiger partial charge in [-0.1, -0.05) is 36.4 Å². The summed E-state index contributed by atoms with van der Waals surface area (Å²) in [5.74, 6) is 0. The number of carbonyl (C=O) groups is 2. The van der Waals surface area contributed by atoms with E-state index in [0.717, 1.165) is 0 Å². The predicted octanol–water partition coefficient (Wildman–Crippen LogP) is 2.88. The van der Waals surface area contributed by atoms with Gasteiger partial charge in [0.15, 0.2) is 0 Å². The monoisotopic (exact) mass is 324 g/mol. The van der Waals surface area contributed by atoms with Gasteiger partial charge >= 0.3 is 12.3 Å². The number of carboxylic acid groups (broad SMARTS) is 2. The molecule has 0 unspecified atom stereocenters. The molecule has 0 saturated heterocycles. The van der Waals surface area contributed by atoms with Crippen molar-refractivity contribution in [2.24, 2.45) is 0 Å². The van der Waals surface area contributed by atoms with Gasteiger partial charge in [-0.3, -0.25) is 0 Å². The maximum atomic E-state index is 12.0. The molecule has 0 heterocycles. The van der Waals surface area contributed by atoms with Crippen molar-refractivity contribution in [3.05, 3.63) is 60.7 Å². The van der Waals surface area contributed by atoms with Crippen molar-refractivity contribution in [2.75, 3.05) is 0 Å². The van der Waals surface area contributed by atoms with E-state index in [-0.39, 0.29) is 0 Å². The zero-order valence-electron chi connectivity index (χ0n) is 11.1. The smallest absolute Gasteiger partial charge is 0.449 e. The standard InChI is InChI=1S/C12H10O2S.C2H2O5/c13-15(14,11-7-3-1-4-8-11)12-9-5-2-6-10-12;3-1(4)7-2(5)6/h1-10H;(H,3,4)(H,5,6). The van der Waals surface area contributed by atoms with Crippen LogP contribution >= 0.6 is 0 Å². The van der Waals surface area contributed by atoms with Gasteiger partial charge in [0.25, 0.3) is 0 Å². The van der Waals surface area contributed by atoms with Crippen molar-refractivity contribution in [3.8, 4) is 0 Å². The van der Waals surface area contributed by atoms with Gasteiger partial charge in [-0.2, -0.15) is 0 Å². The molecule has 0 fully saturated rings. The number of hydrogen-bond acceptors (Lipinski definition) is 5. The Hall–Kier alpha value is -2.87. The van der Waals surface area contributed by atoms with Crippen molar-refractivity contribution in [1.82, 2.24) is 0 Å². The predicted molar refractivity (Wildman–Crippen MR) is 75.5 cm³/mol. The van der Waals surface area contributed by atoms with Gasteiger partial charge in [-0.05, 0) is 24.3 Å². The lowest BCUT2D eigenvalue weighted by atomic mass is 10.4. The van der Waals surface area contributed by atoms with Gasteiger partial charge < -0.3 is 14.9 Å². The van der Waals surface area contributed by atoms with E-state index in [2.05, 4.69) is 4.74 Å². The molecule has 0 aliphatic heterocycles. The van der Waals surface area contributed by atoms with Crippen LogP contribution in [-0.2, 0) is 14.6 Å². The van der Waals surface area contributed by atoms with Gasteiger partial charge in [-0.15, -0.1) is 0 Å². The second-order valence-electron chi connectivity index (χ2n) is 3.76. The van der Waals surface area contributed by atoms with E-state index in [9.17, 15) is 18.0 Å². The van der Waals surface area contributed by atoms with Crippen molar-refractivity contribution >= 4 is 22.1 Å². The number of sulfone groups is 1. The Morgan fingerprint density at radius 3 is 1.27 bits per heavy atom. The topological polar surface area (TPSA) is 118 Å². The van der Waals surface area contributed by atoms with Crippen LogP contribution < -0.4 is 0 Å². The van der Waals surface area contributed by atoms with Crippen molar-refractivity contribution in [3.63, 3.8) is 0 Å². The van der Waals surface area contributed by atoms with Crippen LogP contribution in [0.4, 0.5) is 9.59 Å². The third-order valence-electron chi connectivity index (χ3n) is 2.28. The number of benzene rings is 2. The van der Waals surface area contributed by atoms with Crippen LogP contribution in [0.5, 0.6) is 0 Å². The van der Waals surface area contributed by atoms with Crippen molar-refractivity contribution in [1.29, 1.82) is 0 Å². The molecular formula is C14H12O7S. The second kappa shape index (κ2) is 7.79. The lowest BCUT2D eigenvalue weighted by Crippen LogP contribution is -2.05. The first kappa shape index (κ1) is 17.2. The summed E-state index contributed by atoms with van der Waals surface area (Å²) in [6.45, 7) is 0. The third kappa shape index (κ3) is 5.25. The lowest BCUT2D eigenvalue weighted by molar-refractivity contribution is 0.0802. The number of ether oxygens (including phenoxy) is 1. The minimum absolute atomic E-state index is 0.330. The summed E-state index contributed by atoms with van der Waals surface area (Å²) in [7, 11) is -3.34. The van der Waals surface area contributed by atoms with Crippen LogP contribution in [0.15, 0.2) is 70.5 Å². The fourth-order valence-corrected chi connectivity index (χ4v) is 2.71. The molecule has 0 spiro atoms. The third-order valence-corrected chi connectivity index (χ3v) is 4.07. The molecule has 8 heteroatoms. The van der Waals surface area contributed by atoms with Gasteiger partial charge in [0.1, 0.15) is 0 Å². The summed E-state index contributed by atoms with van der Waals surface area (Å²) in [5.41, 5.74) is 0. The minimum atomic E-state index is -3.34. The Kier molecular flexibility index (Phi) is 6.09. The van der Waals surface area contributed by atoms with E-state index in [4.69, 9.17) is 10.2 Å². The first-order chi connectivity index (χ1) is 10.3. The van der Waals surface area contributed by atoms with Crippen LogP contribution in [0, 0.1) is 0 Å². The average molecular weight is 324 g/mol. The minimum Gasteiger partial charge on any atom is -0.449 e. The fraction of sp³-hybridized carbons (Fsp3) is 0. The van der Waals surface area contributed by atoms with Crippen LogP contribution in [0.3, 0.4) is 0 Å². The molecule has 0 bridgehead atoms. The van der Waals surface area contributed by atoms with E-state index >= 15 is 0 Å². The Morgan fingerprint density at radius 1 is 0.727 bits per heavy atom. The van der Waals surface area contributed by atoms with Crippen LogP contribution in [-0.4, -0.2) is 30.9 Å². The average Bonchev–Trinajstić information content (AvgIpc) is 2.48. The SMILES string of the molecule is O=C(O)OC(=O)O.O=S(=O)(c1ccccc1)c1ccccc1. The molecule has 7 nitrogen and oxygen atoms in total. The quantitative estimate of drug-likeness (QED) is 0.644. The van der Waals surface area contributed by atoms with Crippen LogP contribution in [0.2, 0.25) is 0 Å². The molecule has 22 heavy (non-hydrogen) atoms. The first-order valence-electron chi connectivity index (χ1n) is 5.83. The number of hydrogen-bond donors (Lipinski definition) is 2. The van der Waals surface area contributed by atoms with Crippen LogP contribution in [0.25, 0.3) is 0 Å². The molecule has 0 saturated carbocycles. The summed E-state index contributed by atoms with van der Waals surface area (Å²) in [5, 5.41) is 15.0. The van der Waals surface area contributed by atoms with Crippen molar-refractivity contribution in [2.45, 2.75) is 9.79 Å². The van der Waals surface area contributed by atoms with E-state index in [0.29, 0.717) is 9.79 Å². The van der Waals surface area contributed by atoms with Gasteiger partial charge in [0, 0.05) is 0 Å². The fourth-order valence-electron chi connectivity index (χ4n) is 1.41. The van der Waals surface area contributed by atoms with E-state index in [1.54, 1.807) is 60.7 Å². The molecule has 2 N–H and O–H groups in total. The van der Waals surface area contributed by atoms with Gasteiger partial charge in [-0.25, -0.2) is 18.0 Å². The van der Waals surface area contributed by atoms with Crippen molar-refractivity contribution < 1.29 is 33.0 Å². The highest BCUT2D eigenvalue weighted by Crippen LogP contribution is 2.19. The molecule has 0 aromatic heterocycles. The normalized spacial score (nSPS) is 10.0. The molecule has 116 valence electrons. The zero-order chi connectivity index (χ0) is 16.6. The van der Waals surface area contributed by atoms with E-state index < -0.39 is 22.1 Å². The largest absolute Gasteiger partial charge is 0.516 e. The molecule has 2 aromatic rings. The second-order valence-corrected chi connectivity index (χ2v) is 5.71. The molecule has 0 aliphatic carbocycles. The lowest BCUT2D eigenvalue weighted by Gasteiger charge is -2.03. The van der Waals surface area contributed by atoms with E-state index in [1.165, 1.54) is 0 Å². The molecule has 0 aliphatic rings. The molecule has 2 rings (SSSR count). The summed E-state index contributed by atoms with van der Waals surface area (Å²) >= 11 is 0. The van der Waals surface area contributed by atoms with Crippen LogP contribution in [0.1, 0.15) is 0 Å². The Balaban J connectivity index is 0.000000295. The summed E-state index contributed by atoms with van der Waals surface area (Å²) in [6, 6.07) is 16.9. The number of rotatable bonds is 2. The van der Waals surface area contributed by atoms with Gasteiger partial charge in [0.2, 0.25) is 9.84 Å². The van der Waals surface area contributed by atoms with Gasteiger partial charge in [0.05, 0.1) is 9.79 Å². The molecule has 0 radical (unpaired) electrons. The zero-order valence-corrected chi connectivity index (χ0v) is 11.9. The molecule has 0 amide bonds. The maximum absolute atomic E-state index is 12.0. The Labute approximate surface area is 126 Å². The summed E-state index contributed by atoms with van der Waals surface area (Å²) in [4.78, 5) is 19.1. The summed E-state index contributed by atoms with van der Waals surface area (Å²) < 4.78 is 27.2. The van der Waals surface area contributed by atoms with E-state index in [1.807, 2.05) is 0 Å². The molecule has 0 atom stereocenters. The highest BCUT2D eigenvalue weighted by atomic mass is 32.2. The highest BCUT2D eigenvalue weighted by molar-refractivity contribution is 7.91. The molecular weight excluding hydrogens is 312 g/mol. The maximum Gasteiger partial charge on any atom is 0.516 e. The first-order valence-corrected chi connectivity index (χ1v) is 7.31. The Bertz CT molecular complexity index is 667. The Morgan fingerprint density at radius 2 is 1.05 bits per heavy atom. The highest BCUT2D eigenvalue weighted by Gasteiger charge is 2.15. The molecule has 2 aromatic carbocycles. The summed E-state index contributed by atoms with van der Waals surface area (Å²) in [6.07, 6.45) is -3.62.